The van der Waals surface area contributed by atoms with Gasteiger partial charge in [-0.15, -0.1) is 0 Å². The Morgan fingerprint density at radius 2 is 1.85 bits per heavy atom. The second-order valence-corrected chi connectivity index (χ2v) is 6.75. The lowest BCUT2D eigenvalue weighted by Crippen LogP contribution is -2.16. The van der Waals surface area contributed by atoms with Gasteiger partial charge in [0.1, 0.15) is 11.5 Å². The predicted molar refractivity (Wildman–Crippen MR) is 91.3 cm³/mol. The van der Waals surface area contributed by atoms with E-state index in [1.54, 1.807) is 19.1 Å². The van der Waals surface area contributed by atoms with Crippen LogP contribution in [-0.4, -0.2) is 14.2 Å². The number of hydrogen-bond acceptors (Lipinski definition) is 6. The first-order chi connectivity index (χ1) is 13.4. The lowest BCUT2D eigenvalue weighted by molar-refractivity contribution is -0.123. The van der Waals surface area contributed by atoms with Gasteiger partial charge in [0.05, 0.1) is 4.11 Å². The molecule has 0 saturated heterocycles. The largest absolute Gasteiger partial charge is 0.460 e. The van der Waals surface area contributed by atoms with Gasteiger partial charge < -0.3 is 14.7 Å². The first-order valence-electron chi connectivity index (χ1n) is 8.89. The molecule has 0 unspecified atom stereocenters. The van der Waals surface area contributed by atoms with Crippen molar-refractivity contribution in [2.24, 2.45) is 5.73 Å². The van der Waals surface area contributed by atoms with E-state index in [9.17, 15) is 17.6 Å². The summed E-state index contributed by atoms with van der Waals surface area (Å²) in [6, 6.07) is 9.77. The SMILES string of the molecule is [2H]C([2H])(c1ccc(F)cc1)S(=O)(=O)OC1=C(N)O[C@]([2H])(c2ccc(C)cc2)C1=O. The third-order valence-electron chi connectivity index (χ3n) is 3.44. The number of carbonyl (C=O) groups is 1. The van der Waals surface area contributed by atoms with Crippen molar-refractivity contribution in [3.63, 3.8) is 0 Å². The monoisotopic (exact) mass is 380 g/mol. The Labute approximate surface area is 154 Å². The Morgan fingerprint density at radius 1 is 1.23 bits per heavy atom. The van der Waals surface area contributed by atoms with Crippen molar-refractivity contribution in [3.05, 3.63) is 82.7 Å². The van der Waals surface area contributed by atoms with Gasteiger partial charge in [-0.3, -0.25) is 4.79 Å². The number of halogens is 1. The molecule has 2 aromatic rings. The molecule has 1 atom stereocenters. The fraction of sp³-hybridized carbons (Fsp3) is 0.167. The second kappa shape index (κ2) is 6.80. The van der Waals surface area contributed by atoms with Crippen LogP contribution < -0.4 is 5.73 Å². The van der Waals surface area contributed by atoms with E-state index in [1.807, 2.05) is 0 Å². The summed E-state index contributed by atoms with van der Waals surface area (Å²) in [4.78, 5) is 12.7. The van der Waals surface area contributed by atoms with E-state index in [-0.39, 0.29) is 5.56 Å². The zero-order valence-electron chi connectivity index (χ0n) is 16.5. The number of carbonyl (C=O) groups excluding carboxylic acids is 1. The van der Waals surface area contributed by atoms with Gasteiger partial charge in [-0.25, -0.2) is 4.39 Å². The topological polar surface area (TPSA) is 95.7 Å². The van der Waals surface area contributed by atoms with Crippen LogP contribution in [0.5, 0.6) is 0 Å². The Kier molecular flexibility index (Phi) is 3.74. The van der Waals surface area contributed by atoms with E-state index in [2.05, 4.69) is 4.18 Å². The van der Waals surface area contributed by atoms with E-state index in [0.717, 1.165) is 29.8 Å². The first-order valence-corrected chi connectivity index (χ1v) is 8.80. The molecule has 1 heterocycles. The van der Waals surface area contributed by atoms with E-state index >= 15 is 0 Å². The van der Waals surface area contributed by atoms with Gasteiger partial charge in [-0.1, -0.05) is 42.0 Å². The first kappa shape index (κ1) is 14.3. The molecule has 3 rings (SSSR count). The Balaban J connectivity index is 1.92. The number of rotatable bonds is 5. The Hall–Kier alpha value is -2.87. The van der Waals surface area contributed by atoms with Crippen LogP contribution in [0.3, 0.4) is 0 Å². The third kappa shape index (κ3) is 3.85. The van der Waals surface area contributed by atoms with Gasteiger partial charge in [0.15, 0.2) is 6.08 Å². The summed E-state index contributed by atoms with van der Waals surface area (Å²) in [6.07, 6.45) is -2.37. The van der Waals surface area contributed by atoms with E-state index in [1.165, 1.54) is 12.1 Å². The average Bonchev–Trinajstić information content (AvgIpc) is 2.86. The minimum absolute atomic E-state index is 0.0913. The van der Waals surface area contributed by atoms with Crippen LogP contribution in [0.15, 0.2) is 60.2 Å². The van der Waals surface area contributed by atoms with Crippen LogP contribution in [0.25, 0.3) is 0 Å². The lowest BCUT2D eigenvalue weighted by Gasteiger charge is -2.10. The van der Waals surface area contributed by atoms with E-state index in [0.29, 0.717) is 0 Å². The zero-order chi connectivity index (χ0) is 21.6. The lowest BCUT2D eigenvalue weighted by atomic mass is 10.0. The zero-order valence-corrected chi connectivity index (χ0v) is 14.3. The van der Waals surface area contributed by atoms with E-state index in [4.69, 9.17) is 14.6 Å². The van der Waals surface area contributed by atoms with Gasteiger partial charge >= 0.3 is 10.1 Å². The van der Waals surface area contributed by atoms with Crippen LogP contribution in [0.2, 0.25) is 0 Å². The molecular weight excluding hydrogens is 361 g/mol. The highest BCUT2D eigenvalue weighted by Crippen LogP contribution is 2.32. The van der Waals surface area contributed by atoms with Crippen molar-refractivity contribution in [2.75, 3.05) is 0 Å². The van der Waals surface area contributed by atoms with Gasteiger partial charge in [0.25, 0.3) is 0 Å². The molecule has 0 bridgehead atoms. The maximum atomic E-state index is 13.1. The summed E-state index contributed by atoms with van der Waals surface area (Å²) >= 11 is 0. The molecule has 1 aliphatic heterocycles. The second-order valence-electron chi connectivity index (χ2n) is 5.47. The molecule has 26 heavy (non-hydrogen) atoms. The smallest absolute Gasteiger partial charge is 0.313 e. The van der Waals surface area contributed by atoms with Gasteiger partial charge in [0.2, 0.25) is 17.4 Å². The van der Waals surface area contributed by atoms with Crippen LogP contribution in [0.4, 0.5) is 4.39 Å². The number of hydrogen-bond donors (Lipinski definition) is 1. The minimum Gasteiger partial charge on any atom is -0.460 e. The Bertz CT molecular complexity index is 1100. The Morgan fingerprint density at radius 3 is 2.46 bits per heavy atom. The van der Waals surface area contributed by atoms with Crippen molar-refractivity contribution < 1.29 is 30.6 Å². The summed E-state index contributed by atoms with van der Waals surface area (Å²) in [5.74, 6) is -3.64. The highest BCUT2D eigenvalue weighted by molar-refractivity contribution is 7.86. The third-order valence-corrected chi connectivity index (χ3v) is 4.31. The highest BCUT2D eigenvalue weighted by Gasteiger charge is 2.39. The maximum Gasteiger partial charge on any atom is 0.313 e. The van der Waals surface area contributed by atoms with Gasteiger partial charge in [0, 0.05) is 5.56 Å². The number of Topliss-reactive ketones (excluding diaryl/α,β-unsaturated/α-hetero) is 1. The summed E-state index contributed by atoms with van der Waals surface area (Å²) < 4.78 is 72.0. The highest BCUT2D eigenvalue weighted by atomic mass is 32.2. The van der Waals surface area contributed by atoms with Crippen LogP contribution in [-0.2, 0) is 29.5 Å². The van der Waals surface area contributed by atoms with Crippen LogP contribution in [0, 0.1) is 12.7 Å². The molecule has 136 valence electrons. The number of nitrogens with two attached hydrogens (primary N) is 1. The van der Waals surface area contributed by atoms with Crippen molar-refractivity contribution in [1.82, 2.24) is 0 Å². The molecule has 0 aromatic heterocycles. The molecule has 0 radical (unpaired) electrons. The molecule has 0 amide bonds. The minimum atomic E-state index is -5.13. The molecule has 1 aliphatic rings. The van der Waals surface area contributed by atoms with Gasteiger partial charge in [-0.05, 0) is 24.6 Å². The molecule has 0 aliphatic carbocycles. The number of aryl methyl sites for hydroxylation is 1. The normalized spacial score (nSPS) is 22.4. The van der Waals surface area contributed by atoms with Crippen molar-refractivity contribution in [1.29, 1.82) is 0 Å². The summed E-state index contributed by atoms with van der Waals surface area (Å²) in [6.45, 7) is 1.79. The maximum absolute atomic E-state index is 13.1. The summed E-state index contributed by atoms with van der Waals surface area (Å²) in [5.41, 5.74) is 2.97. The van der Waals surface area contributed by atoms with Crippen molar-refractivity contribution in [2.45, 2.75) is 18.7 Å². The molecular formula is C18H16FNO5S. The standard InChI is InChI=1S/C18H16FNO5S/c1-11-2-6-13(7-3-11)16-15(21)17(18(20)24-16)25-26(22,23)10-12-4-8-14(19)9-5-12/h2-9,16H,10,20H2,1H3/t16-/m1/s1/i10D2,16D. The molecule has 0 saturated carbocycles. The van der Waals surface area contributed by atoms with Gasteiger partial charge in [-0.2, -0.15) is 8.42 Å². The molecule has 8 heteroatoms. The quantitative estimate of drug-likeness (QED) is 0.801. The molecule has 0 spiro atoms. The summed E-state index contributed by atoms with van der Waals surface area (Å²) in [7, 11) is -5.13. The molecule has 2 aromatic carbocycles. The van der Waals surface area contributed by atoms with E-state index < -0.39 is 50.7 Å². The predicted octanol–water partition coefficient (Wildman–Crippen LogP) is 2.45. The number of ketones is 1. The number of benzene rings is 2. The fourth-order valence-electron chi connectivity index (χ4n) is 2.18. The average molecular weight is 380 g/mol. The summed E-state index contributed by atoms with van der Waals surface area (Å²) in [5, 5.41) is 0. The number of ether oxygens (including phenoxy) is 1. The van der Waals surface area contributed by atoms with Crippen LogP contribution in [0.1, 0.15) is 26.9 Å². The van der Waals surface area contributed by atoms with Crippen molar-refractivity contribution >= 4 is 15.9 Å². The van der Waals surface area contributed by atoms with Crippen LogP contribution >= 0.6 is 0 Å². The van der Waals surface area contributed by atoms with Crippen molar-refractivity contribution in [3.8, 4) is 0 Å². The molecule has 6 nitrogen and oxygen atoms in total. The molecule has 2 N–H and O–H groups in total. The molecule has 0 fully saturated rings. The fourth-order valence-corrected chi connectivity index (χ4v) is 3.03.